The lowest BCUT2D eigenvalue weighted by Crippen LogP contribution is -2.10. The molecule has 0 aromatic heterocycles. The summed E-state index contributed by atoms with van der Waals surface area (Å²) >= 11 is 0. The van der Waals surface area contributed by atoms with Crippen molar-refractivity contribution in [2.45, 2.75) is 20.3 Å². The molecule has 0 radical (unpaired) electrons. The van der Waals surface area contributed by atoms with Gasteiger partial charge in [0.15, 0.2) is 5.75 Å². The van der Waals surface area contributed by atoms with Crippen molar-refractivity contribution in [3.63, 3.8) is 0 Å². The zero-order valence-corrected chi connectivity index (χ0v) is 12.1. The Bertz CT molecular complexity index is 500. The van der Waals surface area contributed by atoms with Gasteiger partial charge >= 0.3 is 11.7 Å². The van der Waals surface area contributed by atoms with Crippen LogP contribution in [0.3, 0.4) is 0 Å². The molecule has 21 heavy (non-hydrogen) atoms. The molecule has 0 saturated heterocycles. The van der Waals surface area contributed by atoms with E-state index in [1.807, 2.05) is 0 Å². The van der Waals surface area contributed by atoms with Gasteiger partial charge in [-0.05, 0) is 24.5 Å². The van der Waals surface area contributed by atoms with Gasteiger partial charge in [-0.1, -0.05) is 13.8 Å². The normalized spacial score (nSPS) is 10.6. The number of nitro benzene ring substituents is 1. The number of carboxylic acid groups (broad SMARTS) is 1. The van der Waals surface area contributed by atoms with Crippen molar-refractivity contribution in [3.8, 4) is 5.75 Å². The van der Waals surface area contributed by atoms with Crippen molar-refractivity contribution in [2.75, 3.05) is 19.8 Å². The molecule has 0 unspecified atom stereocenters. The molecule has 0 aliphatic carbocycles. The van der Waals surface area contributed by atoms with Gasteiger partial charge in [-0.25, -0.2) is 4.79 Å². The zero-order valence-electron chi connectivity index (χ0n) is 12.1. The minimum atomic E-state index is -1.22. The lowest BCUT2D eigenvalue weighted by molar-refractivity contribution is -0.385. The summed E-state index contributed by atoms with van der Waals surface area (Å²) in [6, 6.07) is 3.54. The number of rotatable bonds is 9. The quantitative estimate of drug-likeness (QED) is 0.427. The van der Waals surface area contributed by atoms with Gasteiger partial charge in [-0.3, -0.25) is 10.1 Å². The Morgan fingerprint density at radius 2 is 2.05 bits per heavy atom. The first-order valence-electron chi connectivity index (χ1n) is 6.64. The molecular weight excluding hydrogens is 278 g/mol. The maximum Gasteiger partial charge on any atom is 0.335 e. The van der Waals surface area contributed by atoms with Crippen molar-refractivity contribution in [2.24, 2.45) is 5.92 Å². The van der Waals surface area contributed by atoms with Gasteiger partial charge in [-0.2, -0.15) is 0 Å². The van der Waals surface area contributed by atoms with E-state index in [1.54, 1.807) is 0 Å². The van der Waals surface area contributed by atoms with Gasteiger partial charge < -0.3 is 14.6 Å². The van der Waals surface area contributed by atoms with Crippen LogP contribution in [0.2, 0.25) is 0 Å². The summed E-state index contributed by atoms with van der Waals surface area (Å²) in [7, 11) is 0. The Balaban J connectivity index is 2.54. The predicted molar refractivity (Wildman–Crippen MR) is 75.8 cm³/mol. The monoisotopic (exact) mass is 297 g/mol. The number of benzene rings is 1. The molecule has 1 rings (SSSR count). The Hall–Kier alpha value is -2.15. The molecule has 0 heterocycles. The molecule has 1 aromatic carbocycles. The maximum absolute atomic E-state index is 10.9. The predicted octanol–water partition coefficient (Wildman–Crippen LogP) is 2.73. The first-order valence-corrected chi connectivity index (χ1v) is 6.64. The van der Waals surface area contributed by atoms with Gasteiger partial charge in [-0.15, -0.1) is 0 Å². The van der Waals surface area contributed by atoms with Crippen LogP contribution in [0, 0.1) is 16.0 Å². The van der Waals surface area contributed by atoms with Gasteiger partial charge in [0.2, 0.25) is 0 Å². The fourth-order valence-electron chi connectivity index (χ4n) is 1.55. The van der Waals surface area contributed by atoms with E-state index >= 15 is 0 Å². The maximum atomic E-state index is 10.9. The number of carboxylic acids is 1. The average Bonchev–Trinajstić information content (AvgIpc) is 2.42. The second kappa shape index (κ2) is 8.21. The number of aromatic carboxylic acids is 1. The van der Waals surface area contributed by atoms with Crippen LogP contribution in [0.4, 0.5) is 5.69 Å². The van der Waals surface area contributed by atoms with E-state index in [1.165, 1.54) is 12.1 Å². The summed E-state index contributed by atoms with van der Waals surface area (Å²) in [6.07, 6.45) is 0.938. The largest absolute Gasteiger partial charge is 0.484 e. The molecular formula is C14H19NO6. The molecule has 7 heteroatoms. The average molecular weight is 297 g/mol. The van der Waals surface area contributed by atoms with Crippen molar-refractivity contribution in [3.05, 3.63) is 33.9 Å². The van der Waals surface area contributed by atoms with E-state index in [0.717, 1.165) is 12.5 Å². The van der Waals surface area contributed by atoms with E-state index in [9.17, 15) is 14.9 Å². The Labute approximate surface area is 122 Å². The molecule has 0 fully saturated rings. The fraction of sp³-hybridized carbons (Fsp3) is 0.500. The van der Waals surface area contributed by atoms with E-state index < -0.39 is 10.9 Å². The van der Waals surface area contributed by atoms with Crippen LogP contribution in [0.1, 0.15) is 30.6 Å². The highest BCUT2D eigenvalue weighted by Crippen LogP contribution is 2.27. The molecule has 0 spiro atoms. The molecule has 0 aliphatic rings. The number of nitrogens with zero attached hydrogens (tertiary/aromatic N) is 1. The third-order valence-corrected chi connectivity index (χ3v) is 2.73. The van der Waals surface area contributed by atoms with Crippen molar-refractivity contribution in [1.29, 1.82) is 0 Å². The van der Waals surface area contributed by atoms with Crippen LogP contribution in [-0.4, -0.2) is 35.8 Å². The molecule has 116 valence electrons. The topological polar surface area (TPSA) is 98.9 Å². The van der Waals surface area contributed by atoms with Crippen LogP contribution in [-0.2, 0) is 4.74 Å². The van der Waals surface area contributed by atoms with Crippen LogP contribution in [0.15, 0.2) is 18.2 Å². The SMILES string of the molecule is CC(C)CCOCCOc1ccc(C(=O)O)cc1[N+](=O)[O-]. The molecule has 0 amide bonds. The Morgan fingerprint density at radius 1 is 1.33 bits per heavy atom. The highest BCUT2D eigenvalue weighted by molar-refractivity contribution is 5.88. The Morgan fingerprint density at radius 3 is 2.62 bits per heavy atom. The molecule has 0 bridgehead atoms. The van der Waals surface area contributed by atoms with Crippen LogP contribution in [0.5, 0.6) is 5.75 Å². The first kappa shape index (κ1) is 16.9. The summed E-state index contributed by atoms with van der Waals surface area (Å²) in [5, 5.41) is 19.7. The lowest BCUT2D eigenvalue weighted by atomic mass is 10.1. The molecule has 1 N–H and O–H groups in total. The van der Waals surface area contributed by atoms with Gasteiger partial charge in [0.05, 0.1) is 17.1 Å². The van der Waals surface area contributed by atoms with E-state index in [2.05, 4.69) is 13.8 Å². The van der Waals surface area contributed by atoms with Crippen molar-refractivity contribution < 1.29 is 24.3 Å². The summed E-state index contributed by atoms with van der Waals surface area (Å²) in [6.45, 7) is 5.29. The lowest BCUT2D eigenvalue weighted by Gasteiger charge is -2.09. The minimum Gasteiger partial charge on any atom is -0.484 e. The summed E-state index contributed by atoms with van der Waals surface area (Å²) < 4.78 is 10.6. The summed E-state index contributed by atoms with van der Waals surface area (Å²) in [5.74, 6) is -0.630. The summed E-state index contributed by atoms with van der Waals surface area (Å²) in [5.41, 5.74) is -0.515. The van der Waals surface area contributed by atoms with E-state index in [4.69, 9.17) is 14.6 Å². The molecule has 7 nitrogen and oxygen atoms in total. The number of hydrogen-bond acceptors (Lipinski definition) is 5. The standard InChI is InChI=1S/C14H19NO6/c1-10(2)5-6-20-7-8-21-13-4-3-11(14(16)17)9-12(13)15(18)19/h3-4,9-10H,5-8H2,1-2H3,(H,16,17). The van der Waals surface area contributed by atoms with Crippen molar-refractivity contribution >= 4 is 11.7 Å². The molecule has 0 saturated carbocycles. The second-order valence-electron chi connectivity index (χ2n) is 4.89. The van der Waals surface area contributed by atoms with Crippen molar-refractivity contribution in [1.82, 2.24) is 0 Å². The van der Waals surface area contributed by atoms with Crippen LogP contribution >= 0.6 is 0 Å². The highest BCUT2D eigenvalue weighted by Gasteiger charge is 2.18. The minimum absolute atomic E-state index is 0.0393. The van der Waals surface area contributed by atoms with Gasteiger partial charge in [0.1, 0.15) is 6.61 Å². The van der Waals surface area contributed by atoms with E-state index in [-0.39, 0.29) is 23.6 Å². The first-order chi connectivity index (χ1) is 9.91. The third-order valence-electron chi connectivity index (χ3n) is 2.73. The number of ether oxygens (including phenoxy) is 2. The van der Waals surface area contributed by atoms with Crippen LogP contribution < -0.4 is 4.74 Å². The van der Waals surface area contributed by atoms with Gasteiger partial charge in [0.25, 0.3) is 0 Å². The number of nitro groups is 1. The highest BCUT2D eigenvalue weighted by atomic mass is 16.6. The third kappa shape index (κ3) is 5.78. The second-order valence-corrected chi connectivity index (χ2v) is 4.89. The number of hydrogen-bond donors (Lipinski definition) is 1. The molecule has 1 aromatic rings. The zero-order chi connectivity index (χ0) is 15.8. The fourth-order valence-corrected chi connectivity index (χ4v) is 1.55. The summed E-state index contributed by atoms with van der Waals surface area (Å²) in [4.78, 5) is 21.0. The molecule has 0 aliphatic heterocycles. The van der Waals surface area contributed by atoms with Gasteiger partial charge in [0, 0.05) is 12.7 Å². The van der Waals surface area contributed by atoms with E-state index in [0.29, 0.717) is 19.1 Å². The van der Waals surface area contributed by atoms with Crippen LogP contribution in [0.25, 0.3) is 0 Å². The smallest absolute Gasteiger partial charge is 0.335 e. The number of carbonyl (C=O) groups is 1. The Kier molecular flexibility index (Phi) is 6.61. The molecule has 0 atom stereocenters.